The Morgan fingerprint density at radius 2 is 1.65 bits per heavy atom. The first-order valence-electron chi connectivity index (χ1n) is 7.62. The molecule has 0 aromatic heterocycles. The summed E-state index contributed by atoms with van der Waals surface area (Å²) in [6, 6.07) is 0. The van der Waals surface area contributed by atoms with Crippen molar-refractivity contribution in [2.45, 2.75) is 85.2 Å². The van der Waals surface area contributed by atoms with Crippen LogP contribution in [0.2, 0.25) is 0 Å². The van der Waals surface area contributed by atoms with E-state index in [1.807, 2.05) is 0 Å². The van der Waals surface area contributed by atoms with Crippen LogP contribution in [0.25, 0.3) is 0 Å². The Labute approximate surface area is 108 Å². The molecular weight excluding hydrogens is 208 g/mol. The van der Waals surface area contributed by atoms with Crippen LogP contribution in [0.3, 0.4) is 0 Å². The van der Waals surface area contributed by atoms with Gasteiger partial charge in [-0.2, -0.15) is 0 Å². The summed E-state index contributed by atoms with van der Waals surface area (Å²) in [4.78, 5) is 0. The van der Waals surface area contributed by atoms with Crippen LogP contribution in [-0.4, -0.2) is 11.2 Å². The van der Waals surface area contributed by atoms with E-state index in [-0.39, 0.29) is 6.10 Å². The predicted molar refractivity (Wildman–Crippen MR) is 75.1 cm³/mol. The van der Waals surface area contributed by atoms with E-state index in [1.54, 1.807) is 0 Å². The van der Waals surface area contributed by atoms with Gasteiger partial charge in [0.25, 0.3) is 0 Å². The first kappa shape index (κ1) is 15.0. The van der Waals surface area contributed by atoms with E-state index < -0.39 is 0 Å². The van der Waals surface area contributed by atoms with Crippen LogP contribution in [-0.2, 0) is 0 Å². The van der Waals surface area contributed by atoms with Crippen molar-refractivity contribution >= 4 is 0 Å². The van der Waals surface area contributed by atoms with E-state index >= 15 is 0 Å². The molecule has 1 aliphatic rings. The Morgan fingerprint density at radius 1 is 1.00 bits per heavy atom. The third-order valence-electron chi connectivity index (χ3n) is 4.18. The van der Waals surface area contributed by atoms with Gasteiger partial charge in [-0.25, -0.2) is 0 Å². The van der Waals surface area contributed by atoms with E-state index in [9.17, 15) is 5.11 Å². The standard InChI is InChI=1S/C16H32O/c1-5-6-7-8-9-13-10-11-14(15(13)17)12-16(2,3)4/h13-15,17H,5-12H2,1-4H3. The summed E-state index contributed by atoms with van der Waals surface area (Å²) < 4.78 is 0. The summed E-state index contributed by atoms with van der Waals surface area (Å²) in [5, 5.41) is 10.4. The molecule has 1 aliphatic carbocycles. The summed E-state index contributed by atoms with van der Waals surface area (Å²) in [6.07, 6.45) is 10.2. The van der Waals surface area contributed by atoms with Gasteiger partial charge in [0, 0.05) is 0 Å². The highest BCUT2D eigenvalue weighted by atomic mass is 16.3. The second-order valence-electron chi connectivity index (χ2n) is 7.20. The zero-order valence-corrected chi connectivity index (χ0v) is 12.3. The smallest absolute Gasteiger partial charge is 0.0596 e. The minimum atomic E-state index is -0.0177. The molecule has 0 heterocycles. The van der Waals surface area contributed by atoms with Crippen LogP contribution in [0.5, 0.6) is 0 Å². The maximum Gasteiger partial charge on any atom is 0.0596 e. The molecule has 0 spiro atoms. The monoisotopic (exact) mass is 240 g/mol. The van der Waals surface area contributed by atoms with E-state index in [2.05, 4.69) is 27.7 Å². The molecule has 0 radical (unpaired) electrons. The Balaban J connectivity index is 2.26. The molecule has 1 saturated carbocycles. The molecule has 0 aliphatic heterocycles. The minimum absolute atomic E-state index is 0.0177. The second kappa shape index (κ2) is 6.78. The molecular formula is C16H32O. The number of aliphatic hydroxyl groups excluding tert-OH is 1. The van der Waals surface area contributed by atoms with Gasteiger partial charge >= 0.3 is 0 Å². The number of hydrogen-bond acceptors (Lipinski definition) is 1. The summed E-state index contributed by atoms with van der Waals surface area (Å²) in [6.45, 7) is 9.11. The van der Waals surface area contributed by atoms with Gasteiger partial charge in [0.05, 0.1) is 6.10 Å². The first-order valence-corrected chi connectivity index (χ1v) is 7.62. The number of hydrogen-bond donors (Lipinski definition) is 1. The molecule has 0 aromatic carbocycles. The normalized spacial score (nSPS) is 29.8. The van der Waals surface area contributed by atoms with Crippen LogP contribution >= 0.6 is 0 Å². The molecule has 0 amide bonds. The summed E-state index contributed by atoms with van der Waals surface area (Å²) >= 11 is 0. The van der Waals surface area contributed by atoms with E-state index in [0.29, 0.717) is 17.3 Å². The van der Waals surface area contributed by atoms with Gasteiger partial charge in [0.2, 0.25) is 0 Å². The highest BCUT2D eigenvalue weighted by molar-refractivity contribution is 4.86. The molecule has 17 heavy (non-hydrogen) atoms. The fourth-order valence-electron chi connectivity index (χ4n) is 3.31. The van der Waals surface area contributed by atoms with Crippen molar-refractivity contribution in [1.82, 2.24) is 0 Å². The topological polar surface area (TPSA) is 20.2 Å². The largest absolute Gasteiger partial charge is 0.393 e. The molecule has 0 aromatic rings. The highest BCUT2D eigenvalue weighted by Gasteiger charge is 2.35. The van der Waals surface area contributed by atoms with Gasteiger partial charge in [-0.15, -0.1) is 0 Å². The first-order chi connectivity index (χ1) is 7.94. The van der Waals surface area contributed by atoms with Gasteiger partial charge < -0.3 is 5.11 Å². The summed E-state index contributed by atoms with van der Waals surface area (Å²) in [7, 11) is 0. The van der Waals surface area contributed by atoms with Gasteiger partial charge in [0.1, 0.15) is 0 Å². The lowest BCUT2D eigenvalue weighted by Crippen LogP contribution is -2.24. The number of aliphatic hydroxyl groups is 1. The minimum Gasteiger partial charge on any atom is -0.393 e. The molecule has 3 atom stereocenters. The highest BCUT2D eigenvalue weighted by Crippen LogP contribution is 2.40. The fourth-order valence-corrected chi connectivity index (χ4v) is 3.31. The van der Waals surface area contributed by atoms with Crippen LogP contribution in [0.15, 0.2) is 0 Å². The van der Waals surface area contributed by atoms with Crippen molar-refractivity contribution in [3.8, 4) is 0 Å². The summed E-state index contributed by atoms with van der Waals surface area (Å²) in [5.74, 6) is 1.16. The number of unbranched alkanes of at least 4 members (excludes halogenated alkanes) is 3. The quantitative estimate of drug-likeness (QED) is 0.662. The summed E-state index contributed by atoms with van der Waals surface area (Å²) in [5.41, 5.74) is 0.364. The second-order valence-corrected chi connectivity index (χ2v) is 7.20. The van der Waals surface area contributed by atoms with Crippen molar-refractivity contribution < 1.29 is 5.11 Å². The van der Waals surface area contributed by atoms with Crippen LogP contribution < -0.4 is 0 Å². The van der Waals surface area contributed by atoms with Crippen molar-refractivity contribution in [2.75, 3.05) is 0 Å². The average Bonchev–Trinajstić information content (AvgIpc) is 2.54. The zero-order chi connectivity index (χ0) is 12.9. The molecule has 1 rings (SSSR count). The van der Waals surface area contributed by atoms with Gasteiger partial charge in [-0.1, -0.05) is 53.4 Å². The van der Waals surface area contributed by atoms with E-state index in [0.717, 1.165) is 0 Å². The molecule has 1 heteroatoms. The maximum absolute atomic E-state index is 10.4. The third-order valence-corrected chi connectivity index (χ3v) is 4.18. The predicted octanol–water partition coefficient (Wildman–Crippen LogP) is 4.78. The molecule has 0 bridgehead atoms. The Hall–Kier alpha value is -0.0400. The maximum atomic E-state index is 10.4. The number of rotatable bonds is 6. The van der Waals surface area contributed by atoms with E-state index in [1.165, 1.54) is 51.4 Å². The average molecular weight is 240 g/mol. The van der Waals surface area contributed by atoms with Gasteiger partial charge in [-0.05, 0) is 42.9 Å². The van der Waals surface area contributed by atoms with Crippen molar-refractivity contribution in [2.24, 2.45) is 17.3 Å². The van der Waals surface area contributed by atoms with Crippen molar-refractivity contribution in [1.29, 1.82) is 0 Å². The SMILES string of the molecule is CCCCCCC1CCC(CC(C)(C)C)C1O. The zero-order valence-electron chi connectivity index (χ0n) is 12.3. The fraction of sp³-hybridized carbons (Fsp3) is 1.00. The Kier molecular flexibility index (Phi) is 5.99. The molecule has 102 valence electrons. The Morgan fingerprint density at radius 3 is 2.24 bits per heavy atom. The van der Waals surface area contributed by atoms with Crippen LogP contribution in [0.4, 0.5) is 0 Å². The molecule has 1 nitrogen and oxygen atoms in total. The van der Waals surface area contributed by atoms with E-state index in [4.69, 9.17) is 0 Å². The molecule has 1 N–H and O–H groups in total. The van der Waals surface area contributed by atoms with Gasteiger partial charge in [0.15, 0.2) is 0 Å². The molecule has 3 unspecified atom stereocenters. The van der Waals surface area contributed by atoms with Crippen molar-refractivity contribution in [3.05, 3.63) is 0 Å². The lowest BCUT2D eigenvalue weighted by molar-refractivity contribution is 0.0677. The van der Waals surface area contributed by atoms with Crippen molar-refractivity contribution in [3.63, 3.8) is 0 Å². The molecule has 1 fully saturated rings. The van der Waals surface area contributed by atoms with Crippen LogP contribution in [0.1, 0.15) is 79.1 Å². The van der Waals surface area contributed by atoms with Gasteiger partial charge in [-0.3, -0.25) is 0 Å². The third kappa shape index (κ3) is 5.42. The Bertz CT molecular complexity index is 204. The van der Waals surface area contributed by atoms with Crippen LogP contribution in [0, 0.1) is 17.3 Å². The molecule has 0 saturated heterocycles. The lowest BCUT2D eigenvalue weighted by atomic mass is 9.82. The lowest BCUT2D eigenvalue weighted by Gasteiger charge is -2.26.